The van der Waals surface area contributed by atoms with Crippen LogP contribution in [0.15, 0.2) is 48.7 Å². The van der Waals surface area contributed by atoms with Gasteiger partial charge in [-0.3, -0.25) is 4.98 Å². The predicted molar refractivity (Wildman–Crippen MR) is 99.6 cm³/mol. The molecule has 0 saturated carbocycles. The molecule has 6 heteroatoms. The average Bonchev–Trinajstić information content (AvgIpc) is 2.69. The number of fused-ring (bicyclic) bond motifs is 1. The Morgan fingerprint density at radius 1 is 1.04 bits per heavy atom. The van der Waals surface area contributed by atoms with Crippen LogP contribution in [0.25, 0.3) is 11.5 Å². The Morgan fingerprint density at radius 3 is 2.65 bits per heavy atom. The van der Waals surface area contributed by atoms with Gasteiger partial charge in [-0.05, 0) is 38.1 Å². The molecule has 0 fully saturated rings. The van der Waals surface area contributed by atoms with Gasteiger partial charge in [-0.25, -0.2) is 9.97 Å². The molecule has 0 spiro atoms. The summed E-state index contributed by atoms with van der Waals surface area (Å²) in [5, 5.41) is 3.38. The van der Waals surface area contributed by atoms with Crippen LogP contribution >= 0.6 is 0 Å². The topological polar surface area (TPSA) is 69.2 Å². The van der Waals surface area contributed by atoms with E-state index in [0.717, 1.165) is 34.3 Å². The highest BCUT2D eigenvalue weighted by Gasteiger charge is 2.21. The van der Waals surface area contributed by atoms with Crippen LogP contribution in [-0.4, -0.2) is 34.2 Å². The summed E-state index contributed by atoms with van der Waals surface area (Å²) >= 11 is 0. The van der Waals surface area contributed by atoms with E-state index in [2.05, 4.69) is 20.3 Å². The van der Waals surface area contributed by atoms with E-state index in [1.165, 1.54) is 0 Å². The van der Waals surface area contributed by atoms with E-state index in [9.17, 15) is 0 Å². The molecule has 26 heavy (non-hydrogen) atoms. The van der Waals surface area contributed by atoms with Crippen molar-refractivity contribution in [2.24, 2.45) is 0 Å². The fraction of sp³-hybridized carbons (Fsp3) is 0.250. The van der Waals surface area contributed by atoms with Crippen molar-refractivity contribution in [3.8, 4) is 23.0 Å². The monoisotopic (exact) mass is 348 g/mol. The van der Waals surface area contributed by atoms with Crippen LogP contribution in [0.5, 0.6) is 11.5 Å². The maximum atomic E-state index is 6.00. The third kappa shape index (κ3) is 3.31. The van der Waals surface area contributed by atoms with Gasteiger partial charge in [-0.1, -0.05) is 18.2 Å². The summed E-state index contributed by atoms with van der Waals surface area (Å²) in [7, 11) is 0. The van der Waals surface area contributed by atoms with Gasteiger partial charge in [0.15, 0.2) is 17.3 Å². The minimum Gasteiger partial charge on any atom is -0.486 e. The van der Waals surface area contributed by atoms with Crippen molar-refractivity contribution in [2.45, 2.75) is 20.0 Å². The molecule has 1 aliphatic heterocycles. The lowest BCUT2D eigenvalue weighted by molar-refractivity contribution is 0.0997. The van der Waals surface area contributed by atoms with Gasteiger partial charge in [0, 0.05) is 17.5 Å². The van der Waals surface area contributed by atoms with E-state index < -0.39 is 0 Å². The molecule has 6 nitrogen and oxygen atoms in total. The predicted octanol–water partition coefficient (Wildman–Crippen LogP) is 3.41. The second kappa shape index (κ2) is 7.00. The number of nitrogens with zero attached hydrogens (tertiary/aromatic N) is 3. The first-order valence-electron chi connectivity index (χ1n) is 8.59. The number of rotatable bonds is 4. The highest BCUT2D eigenvalue weighted by Crippen LogP contribution is 2.31. The minimum absolute atomic E-state index is 0.0853. The Balaban J connectivity index is 1.51. The third-order valence-corrected chi connectivity index (χ3v) is 4.35. The molecule has 1 aliphatic rings. The summed E-state index contributed by atoms with van der Waals surface area (Å²) in [5.74, 6) is 2.97. The zero-order valence-electron chi connectivity index (χ0n) is 14.8. The normalized spacial score (nSPS) is 15.5. The standard InChI is InChI=1S/C20H20N4O2/c1-13-14(2)23-20(16-7-5-6-10-21-16)24-19(13)22-11-15-12-25-17-8-3-4-9-18(17)26-15/h3-10,15H,11-12H2,1-2H3,(H,22,23,24). The number of pyridine rings is 1. The number of para-hydroxylation sites is 2. The largest absolute Gasteiger partial charge is 0.486 e. The number of aromatic nitrogens is 3. The summed E-state index contributed by atoms with van der Waals surface area (Å²) < 4.78 is 11.8. The second-order valence-electron chi connectivity index (χ2n) is 6.20. The van der Waals surface area contributed by atoms with Crippen molar-refractivity contribution < 1.29 is 9.47 Å². The van der Waals surface area contributed by atoms with E-state index in [1.54, 1.807) is 6.20 Å². The molecular formula is C20H20N4O2. The van der Waals surface area contributed by atoms with Crippen LogP contribution in [0.3, 0.4) is 0 Å². The number of hydrogen-bond donors (Lipinski definition) is 1. The maximum Gasteiger partial charge on any atom is 0.180 e. The van der Waals surface area contributed by atoms with Crippen molar-refractivity contribution in [3.63, 3.8) is 0 Å². The molecule has 2 aromatic heterocycles. The van der Waals surface area contributed by atoms with Crippen LogP contribution in [-0.2, 0) is 0 Å². The van der Waals surface area contributed by atoms with Crippen LogP contribution in [0.2, 0.25) is 0 Å². The first-order valence-corrected chi connectivity index (χ1v) is 8.59. The molecular weight excluding hydrogens is 328 g/mol. The molecule has 3 aromatic rings. The molecule has 4 rings (SSSR count). The van der Waals surface area contributed by atoms with E-state index >= 15 is 0 Å². The zero-order valence-corrected chi connectivity index (χ0v) is 14.8. The average molecular weight is 348 g/mol. The molecule has 0 bridgehead atoms. The molecule has 1 unspecified atom stereocenters. The highest BCUT2D eigenvalue weighted by atomic mass is 16.6. The fourth-order valence-electron chi connectivity index (χ4n) is 2.78. The Kier molecular flexibility index (Phi) is 4.39. The molecule has 1 atom stereocenters. The molecule has 0 radical (unpaired) electrons. The molecule has 1 N–H and O–H groups in total. The third-order valence-electron chi connectivity index (χ3n) is 4.35. The number of hydrogen-bond acceptors (Lipinski definition) is 6. The molecule has 0 saturated heterocycles. The number of nitrogens with one attached hydrogen (secondary N) is 1. The summed E-state index contributed by atoms with van der Waals surface area (Å²) in [6.07, 6.45) is 1.66. The van der Waals surface area contributed by atoms with Crippen LogP contribution in [0.1, 0.15) is 11.3 Å². The number of ether oxygens (including phenoxy) is 2. The van der Waals surface area contributed by atoms with Gasteiger partial charge in [0.05, 0.1) is 6.54 Å². The Morgan fingerprint density at radius 2 is 1.85 bits per heavy atom. The number of aryl methyl sites for hydroxylation is 1. The van der Waals surface area contributed by atoms with E-state index in [0.29, 0.717) is 19.0 Å². The fourth-order valence-corrected chi connectivity index (χ4v) is 2.78. The van der Waals surface area contributed by atoms with Gasteiger partial charge in [0.2, 0.25) is 0 Å². The van der Waals surface area contributed by atoms with Crippen molar-refractivity contribution in [2.75, 3.05) is 18.5 Å². The first kappa shape index (κ1) is 16.3. The van der Waals surface area contributed by atoms with Crippen molar-refractivity contribution >= 4 is 5.82 Å². The number of benzene rings is 1. The summed E-state index contributed by atoms with van der Waals surface area (Å²) in [6, 6.07) is 13.4. The van der Waals surface area contributed by atoms with Gasteiger partial charge >= 0.3 is 0 Å². The summed E-state index contributed by atoms with van der Waals surface area (Å²) in [6.45, 7) is 5.08. The summed E-state index contributed by atoms with van der Waals surface area (Å²) in [4.78, 5) is 13.5. The first-order chi connectivity index (χ1) is 12.7. The zero-order chi connectivity index (χ0) is 17.9. The smallest absolute Gasteiger partial charge is 0.180 e. The maximum absolute atomic E-state index is 6.00. The number of anilines is 1. The molecule has 0 aliphatic carbocycles. The van der Waals surface area contributed by atoms with Crippen LogP contribution in [0.4, 0.5) is 5.82 Å². The van der Waals surface area contributed by atoms with E-state index in [-0.39, 0.29) is 6.10 Å². The second-order valence-corrected chi connectivity index (χ2v) is 6.20. The van der Waals surface area contributed by atoms with Crippen LogP contribution in [0, 0.1) is 13.8 Å². The van der Waals surface area contributed by atoms with Crippen molar-refractivity contribution in [1.29, 1.82) is 0 Å². The van der Waals surface area contributed by atoms with Gasteiger partial charge in [-0.2, -0.15) is 0 Å². The van der Waals surface area contributed by atoms with Crippen molar-refractivity contribution in [1.82, 2.24) is 15.0 Å². The van der Waals surface area contributed by atoms with Gasteiger partial charge in [-0.15, -0.1) is 0 Å². The Hall–Kier alpha value is -3.15. The Bertz CT molecular complexity index is 915. The Labute approximate surface area is 152 Å². The van der Waals surface area contributed by atoms with Gasteiger partial charge < -0.3 is 14.8 Å². The summed E-state index contributed by atoms with van der Waals surface area (Å²) in [5.41, 5.74) is 2.70. The SMILES string of the molecule is Cc1nc(-c2ccccn2)nc(NCC2COc3ccccc3O2)c1C. The quantitative estimate of drug-likeness (QED) is 0.779. The molecule has 3 heterocycles. The van der Waals surface area contributed by atoms with E-state index in [4.69, 9.17) is 9.47 Å². The van der Waals surface area contributed by atoms with E-state index in [1.807, 2.05) is 56.3 Å². The van der Waals surface area contributed by atoms with Gasteiger partial charge in [0.1, 0.15) is 24.2 Å². The lowest BCUT2D eigenvalue weighted by Gasteiger charge is -2.27. The lowest BCUT2D eigenvalue weighted by Crippen LogP contribution is -2.35. The lowest BCUT2D eigenvalue weighted by atomic mass is 10.2. The molecule has 132 valence electrons. The van der Waals surface area contributed by atoms with Gasteiger partial charge in [0.25, 0.3) is 0 Å². The molecule has 1 aromatic carbocycles. The van der Waals surface area contributed by atoms with Crippen LogP contribution < -0.4 is 14.8 Å². The molecule has 0 amide bonds. The van der Waals surface area contributed by atoms with Crippen molar-refractivity contribution in [3.05, 3.63) is 59.9 Å². The highest BCUT2D eigenvalue weighted by molar-refractivity contribution is 5.56. The minimum atomic E-state index is -0.0853.